The monoisotopic (exact) mass is 293 g/mol. The van der Waals surface area contributed by atoms with Gasteiger partial charge in [0.1, 0.15) is 11.5 Å². The van der Waals surface area contributed by atoms with Crippen molar-refractivity contribution in [3.8, 4) is 0 Å². The van der Waals surface area contributed by atoms with E-state index in [4.69, 9.17) is 0 Å². The molecule has 0 radical (unpaired) electrons. The van der Waals surface area contributed by atoms with Crippen LogP contribution in [-0.2, 0) is 0 Å². The summed E-state index contributed by atoms with van der Waals surface area (Å²) in [4.78, 5) is 29.3. The van der Waals surface area contributed by atoms with Crippen molar-refractivity contribution >= 4 is 27.7 Å². The van der Waals surface area contributed by atoms with Crippen molar-refractivity contribution in [2.45, 2.75) is 0 Å². The number of pyridine rings is 2. The van der Waals surface area contributed by atoms with E-state index in [-0.39, 0.29) is 11.3 Å². The first-order valence-electron chi connectivity index (χ1n) is 4.78. The summed E-state index contributed by atoms with van der Waals surface area (Å²) < 4.78 is 0.673. The largest absolute Gasteiger partial charge is 0.318 e. The fourth-order valence-corrected chi connectivity index (χ4v) is 1.59. The molecule has 0 aromatic carbocycles. The molecule has 5 nitrogen and oxygen atoms in total. The highest BCUT2D eigenvalue weighted by Gasteiger charge is 2.09. The van der Waals surface area contributed by atoms with Gasteiger partial charge in [0.05, 0.1) is 4.47 Å². The van der Waals surface area contributed by atoms with Gasteiger partial charge < -0.3 is 10.3 Å². The molecule has 6 heteroatoms. The van der Waals surface area contributed by atoms with Gasteiger partial charge in [0.25, 0.3) is 5.91 Å². The van der Waals surface area contributed by atoms with Crippen molar-refractivity contribution < 1.29 is 4.79 Å². The molecule has 2 rings (SSSR count). The number of H-pyrrole nitrogens is 1. The van der Waals surface area contributed by atoms with Gasteiger partial charge in [0, 0.05) is 12.3 Å². The quantitative estimate of drug-likeness (QED) is 0.886. The average Bonchev–Trinajstić information content (AvgIpc) is 2.32. The van der Waals surface area contributed by atoms with Crippen LogP contribution in [0.3, 0.4) is 0 Å². The number of hydrogen-bond donors (Lipinski definition) is 2. The highest BCUT2D eigenvalue weighted by Crippen LogP contribution is 2.18. The molecule has 0 unspecified atom stereocenters. The van der Waals surface area contributed by atoms with Crippen LogP contribution >= 0.6 is 15.9 Å². The first kappa shape index (κ1) is 11.5. The van der Waals surface area contributed by atoms with Crippen molar-refractivity contribution in [1.29, 1.82) is 0 Å². The maximum absolute atomic E-state index is 11.8. The second kappa shape index (κ2) is 4.92. The second-order valence-electron chi connectivity index (χ2n) is 3.22. The minimum absolute atomic E-state index is 0.190. The zero-order chi connectivity index (χ0) is 12.3. The molecular formula is C11H8BrN3O2. The Morgan fingerprint density at radius 2 is 2.12 bits per heavy atom. The summed E-state index contributed by atoms with van der Waals surface area (Å²) in [6.45, 7) is 0. The van der Waals surface area contributed by atoms with Gasteiger partial charge in [-0.2, -0.15) is 0 Å². The van der Waals surface area contributed by atoms with Gasteiger partial charge in [-0.15, -0.1) is 0 Å². The lowest BCUT2D eigenvalue weighted by molar-refractivity contribution is 0.102. The Balaban J connectivity index is 2.23. The summed E-state index contributed by atoms with van der Waals surface area (Å²) in [5.41, 5.74) is -0.132. The number of amides is 1. The highest BCUT2D eigenvalue weighted by atomic mass is 79.9. The third-order valence-corrected chi connectivity index (χ3v) is 2.64. The van der Waals surface area contributed by atoms with Crippen LogP contribution < -0.4 is 10.9 Å². The molecule has 0 saturated carbocycles. The lowest BCUT2D eigenvalue weighted by Crippen LogP contribution is -2.18. The summed E-state index contributed by atoms with van der Waals surface area (Å²) >= 11 is 3.26. The number of aromatic amines is 1. The summed E-state index contributed by atoms with van der Waals surface area (Å²) in [5, 5.41) is 2.59. The standard InChI is InChI=1S/C11H8BrN3O2/c12-7-3-2-6-13-10(7)15-11(17)8-4-1-5-9(16)14-8/h1-6H,(H,14,16)(H,13,15,17). The predicted molar refractivity (Wildman–Crippen MR) is 67.0 cm³/mol. The molecule has 2 heterocycles. The van der Waals surface area contributed by atoms with Crippen LogP contribution in [0.5, 0.6) is 0 Å². The average molecular weight is 294 g/mol. The molecule has 0 saturated heterocycles. The van der Waals surface area contributed by atoms with Crippen LogP contribution in [0.25, 0.3) is 0 Å². The van der Waals surface area contributed by atoms with Crippen molar-refractivity contribution in [3.05, 3.63) is 57.0 Å². The summed E-state index contributed by atoms with van der Waals surface area (Å²) in [6.07, 6.45) is 1.56. The Morgan fingerprint density at radius 1 is 1.29 bits per heavy atom. The van der Waals surface area contributed by atoms with Crippen LogP contribution in [0.1, 0.15) is 10.5 Å². The van der Waals surface area contributed by atoms with Gasteiger partial charge in [-0.05, 0) is 34.1 Å². The van der Waals surface area contributed by atoms with E-state index >= 15 is 0 Å². The van der Waals surface area contributed by atoms with Crippen molar-refractivity contribution in [2.75, 3.05) is 5.32 Å². The fraction of sp³-hybridized carbons (Fsp3) is 0. The maximum atomic E-state index is 11.8. The number of carbonyl (C=O) groups excluding carboxylic acids is 1. The van der Waals surface area contributed by atoms with Crippen molar-refractivity contribution in [1.82, 2.24) is 9.97 Å². The fourth-order valence-electron chi connectivity index (χ4n) is 1.23. The van der Waals surface area contributed by atoms with E-state index in [1.54, 1.807) is 18.3 Å². The Kier molecular flexibility index (Phi) is 3.34. The molecule has 86 valence electrons. The van der Waals surface area contributed by atoms with Gasteiger partial charge in [0.2, 0.25) is 5.56 Å². The topological polar surface area (TPSA) is 74.8 Å². The number of halogens is 1. The van der Waals surface area contributed by atoms with Crippen LogP contribution in [-0.4, -0.2) is 15.9 Å². The second-order valence-corrected chi connectivity index (χ2v) is 4.07. The number of anilines is 1. The Morgan fingerprint density at radius 3 is 2.82 bits per heavy atom. The zero-order valence-corrected chi connectivity index (χ0v) is 10.2. The van der Waals surface area contributed by atoms with Gasteiger partial charge in [0.15, 0.2) is 0 Å². The van der Waals surface area contributed by atoms with Crippen molar-refractivity contribution in [3.63, 3.8) is 0 Å². The molecule has 0 aliphatic rings. The van der Waals surface area contributed by atoms with E-state index in [2.05, 4.69) is 31.2 Å². The summed E-state index contributed by atoms with van der Waals surface area (Å²) in [5.74, 6) is -0.00991. The molecule has 2 aromatic heterocycles. The SMILES string of the molecule is O=C(Nc1ncccc1Br)c1cccc(=O)[nH]1. The highest BCUT2D eigenvalue weighted by molar-refractivity contribution is 9.10. The molecule has 2 N–H and O–H groups in total. The number of aromatic nitrogens is 2. The zero-order valence-electron chi connectivity index (χ0n) is 8.61. The molecule has 0 aliphatic carbocycles. The molecule has 0 bridgehead atoms. The van der Waals surface area contributed by atoms with E-state index < -0.39 is 5.91 Å². The lowest BCUT2D eigenvalue weighted by Gasteiger charge is -2.05. The Labute approximate surface area is 105 Å². The van der Waals surface area contributed by atoms with Crippen LogP contribution in [0.2, 0.25) is 0 Å². The van der Waals surface area contributed by atoms with E-state index in [0.29, 0.717) is 10.3 Å². The normalized spacial score (nSPS) is 9.94. The molecule has 0 spiro atoms. The van der Waals surface area contributed by atoms with Gasteiger partial charge in [-0.25, -0.2) is 4.98 Å². The van der Waals surface area contributed by atoms with Gasteiger partial charge in [-0.1, -0.05) is 6.07 Å². The maximum Gasteiger partial charge on any atom is 0.273 e. The lowest BCUT2D eigenvalue weighted by atomic mass is 10.3. The third kappa shape index (κ3) is 2.79. The number of hydrogen-bond acceptors (Lipinski definition) is 3. The molecule has 0 atom stereocenters. The number of nitrogens with zero attached hydrogens (tertiary/aromatic N) is 1. The van der Waals surface area contributed by atoms with Gasteiger partial charge >= 0.3 is 0 Å². The smallest absolute Gasteiger partial charge is 0.273 e. The molecule has 2 aromatic rings. The van der Waals surface area contributed by atoms with E-state index in [1.165, 1.54) is 18.2 Å². The molecule has 1 amide bonds. The van der Waals surface area contributed by atoms with E-state index in [1.807, 2.05) is 0 Å². The van der Waals surface area contributed by atoms with Crippen molar-refractivity contribution in [2.24, 2.45) is 0 Å². The minimum atomic E-state index is -0.415. The minimum Gasteiger partial charge on any atom is -0.318 e. The van der Waals surface area contributed by atoms with Crippen LogP contribution in [0.4, 0.5) is 5.82 Å². The number of rotatable bonds is 2. The number of carbonyl (C=O) groups is 1. The van der Waals surface area contributed by atoms with Gasteiger partial charge in [-0.3, -0.25) is 9.59 Å². The van der Waals surface area contributed by atoms with Crippen LogP contribution in [0.15, 0.2) is 45.8 Å². The molecule has 17 heavy (non-hydrogen) atoms. The van der Waals surface area contributed by atoms with E-state index in [0.717, 1.165) is 0 Å². The Hall–Kier alpha value is -1.95. The van der Waals surface area contributed by atoms with E-state index in [9.17, 15) is 9.59 Å². The summed E-state index contributed by atoms with van der Waals surface area (Å²) in [7, 11) is 0. The third-order valence-electron chi connectivity index (χ3n) is 2.00. The number of nitrogens with one attached hydrogen (secondary N) is 2. The molecule has 0 aliphatic heterocycles. The summed E-state index contributed by atoms with van der Waals surface area (Å²) in [6, 6.07) is 7.88. The first-order chi connectivity index (χ1) is 8.16. The Bertz CT molecular complexity index is 609. The predicted octanol–water partition coefficient (Wildman–Crippen LogP) is 1.78. The molecular weight excluding hydrogens is 286 g/mol. The first-order valence-corrected chi connectivity index (χ1v) is 5.57. The molecule has 0 fully saturated rings. The van der Waals surface area contributed by atoms with Crippen LogP contribution in [0, 0.1) is 0 Å².